The molecule has 0 bridgehead atoms. The Morgan fingerprint density at radius 2 is 1.96 bits per heavy atom. The van der Waals surface area contributed by atoms with Gasteiger partial charge in [0, 0.05) is 18.5 Å². The summed E-state index contributed by atoms with van der Waals surface area (Å²) in [5.74, 6) is -1.01. The van der Waals surface area contributed by atoms with Gasteiger partial charge >= 0.3 is 0 Å². The Kier molecular flexibility index (Phi) is 2.90. The predicted octanol–water partition coefficient (Wildman–Crippen LogP) is 5.91. The minimum Gasteiger partial charge on any atom is -0.455 e. The highest BCUT2D eigenvalue weighted by molar-refractivity contribution is 6.09. The van der Waals surface area contributed by atoms with Gasteiger partial charge in [0.2, 0.25) is 0 Å². The van der Waals surface area contributed by atoms with E-state index >= 15 is 0 Å². The molecule has 114 valence electrons. The normalized spacial score (nSPS) is 12.7. The molecule has 0 atom stereocenters. The summed E-state index contributed by atoms with van der Waals surface area (Å²) in [5, 5.41) is 1.23. The third-order valence-electron chi connectivity index (χ3n) is 4.09. The molecular weight excluding hydrogens is 289 g/mol. The van der Waals surface area contributed by atoms with Crippen LogP contribution in [-0.4, -0.2) is 4.98 Å². The van der Waals surface area contributed by atoms with Gasteiger partial charge in [-0.3, -0.25) is 4.98 Å². The quantitative estimate of drug-likeness (QED) is 0.460. The Hall–Kier alpha value is -2.68. The van der Waals surface area contributed by atoms with Crippen molar-refractivity contribution < 1.29 is 10.2 Å². The molecule has 0 amide bonds. The summed E-state index contributed by atoms with van der Waals surface area (Å²) in [7, 11) is 0. The number of halogens is 1. The van der Waals surface area contributed by atoms with E-state index in [1.165, 1.54) is 6.07 Å². The molecule has 4 rings (SSSR count). The average Bonchev–Trinajstić information content (AvgIpc) is 2.94. The number of aromatic nitrogens is 1. The van der Waals surface area contributed by atoms with E-state index in [0.717, 1.165) is 22.2 Å². The van der Waals surface area contributed by atoms with Crippen molar-refractivity contribution in [2.45, 2.75) is 19.7 Å². The van der Waals surface area contributed by atoms with Crippen LogP contribution in [0.25, 0.3) is 33.2 Å². The minimum atomic E-state index is -0.717. The second-order valence-corrected chi connectivity index (χ2v) is 5.83. The van der Waals surface area contributed by atoms with Crippen LogP contribution in [0.1, 0.15) is 26.7 Å². The summed E-state index contributed by atoms with van der Waals surface area (Å²) >= 11 is 0. The number of benzene rings is 2. The van der Waals surface area contributed by atoms with Crippen molar-refractivity contribution in [3.05, 3.63) is 66.1 Å². The SMILES string of the molecule is [2H]C(C)(C)c1ccnc(-c2cccc3c2oc2cccc(F)c23)c1. The second-order valence-electron chi connectivity index (χ2n) is 5.83. The minimum absolute atomic E-state index is 0.294. The van der Waals surface area contributed by atoms with Crippen molar-refractivity contribution in [3.8, 4) is 11.3 Å². The topological polar surface area (TPSA) is 26.0 Å². The average molecular weight is 306 g/mol. The Bertz CT molecular complexity index is 1060. The van der Waals surface area contributed by atoms with Gasteiger partial charge in [-0.2, -0.15) is 0 Å². The summed E-state index contributed by atoms with van der Waals surface area (Å²) in [5.41, 5.74) is 3.53. The van der Waals surface area contributed by atoms with Gasteiger partial charge in [-0.05, 0) is 41.8 Å². The number of hydrogen-bond acceptors (Lipinski definition) is 2. The van der Waals surface area contributed by atoms with Crippen LogP contribution >= 0.6 is 0 Å². The van der Waals surface area contributed by atoms with Crippen molar-refractivity contribution >= 4 is 21.9 Å². The van der Waals surface area contributed by atoms with Crippen LogP contribution in [0.3, 0.4) is 0 Å². The van der Waals surface area contributed by atoms with E-state index in [1.54, 1.807) is 18.3 Å². The number of rotatable bonds is 2. The molecule has 0 saturated heterocycles. The van der Waals surface area contributed by atoms with Crippen LogP contribution in [0.2, 0.25) is 0 Å². The first-order valence-electron chi connectivity index (χ1n) is 8.02. The Labute approximate surface area is 135 Å². The molecule has 0 aliphatic carbocycles. The van der Waals surface area contributed by atoms with Gasteiger partial charge in [0.1, 0.15) is 17.0 Å². The largest absolute Gasteiger partial charge is 0.455 e. The highest BCUT2D eigenvalue weighted by Crippen LogP contribution is 2.36. The number of furan rings is 1. The second kappa shape index (κ2) is 5.20. The molecule has 0 aliphatic heterocycles. The van der Waals surface area contributed by atoms with Gasteiger partial charge in [-0.15, -0.1) is 0 Å². The maximum absolute atomic E-state index is 14.2. The lowest BCUT2D eigenvalue weighted by molar-refractivity contribution is 0.634. The third-order valence-corrected chi connectivity index (χ3v) is 4.09. The van der Waals surface area contributed by atoms with E-state index in [1.807, 2.05) is 44.2 Å². The molecule has 4 aromatic rings. The van der Waals surface area contributed by atoms with Crippen molar-refractivity contribution in [2.24, 2.45) is 0 Å². The first-order valence-corrected chi connectivity index (χ1v) is 7.52. The zero-order chi connectivity index (χ0) is 16.9. The van der Waals surface area contributed by atoms with E-state index in [4.69, 9.17) is 5.79 Å². The molecule has 3 heteroatoms. The van der Waals surface area contributed by atoms with E-state index in [9.17, 15) is 4.39 Å². The lowest BCUT2D eigenvalue weighted by Crippen LogP contribution is -1.90. The summed E-state index contributed by atoms with van der Waals surface area (Å²) < 4.78 is 28.3. The fourth-order valence-corrected chi connectivity index (χ4v) is 2.90. The molecule has 2 aromatic carbocycles. The van der Waals surface area contributed by atoms with Crippen LogP contribution in [0.5, 0.6) is 0 Å². The van der Waals surface area contributed by atoms with Gasteiger partial charge in [-0.25, -0.2) is 4.39 Å². The first-order chi connectivity index (χ1) is 11.4. The molecular formula is C20H16FNO. The molecule has 0 aliphatic rings. The summed E-state index contributed by atoms with van der Waals surface area (Å²) in [6, 6.07) is 14.2. The van der Waals surface area contributed by atoms with Gasteiger partial charge < -0.3 is 4.42 Å². The number of pyridine rings is 1. The Morgan fingerprint density at radius 3 is 2.78 bits per heavy atom. The fourth-order valence-electron chi connectivity index (χ4n) is 2.90. The van der Waals surface area contributed by atoms with Crippen LogP contribution in [-0.2, 0) is 0 Å². The van der Waals surface area contributed by atoms with Crippen LogP contribution in [0.15, 0.2) is 59.1 Å². The molecule has 0 spiro atoms. The summed E-state index contributed by atoms with van der Waals surface area (Å²) in [6.45, 7) is 3.67. The molecule has 2 heterocycles. The maximum Gasteiger partial charge on any atom is 0.144 e. The predicted molar refractivity (Wildman–Crippen MR) is 91.0 cm³/mol. The molecule has 23 heavy (non-hydrogen) atoms. The van der Waals surface area contributed by atoms with Crippen LogP contribution in [0.4, 0.5) is 4.39 Å². The van der Waals surface area contributed by atoms with Crippen molar-refractivity contribution in [1.82, 2.24) is 4.98 Å². The monoisotopic (exact) mass is 306 g/mol. The zero-order valence-corrected chi connectivity index (χ0v) is 12.9. The van der Waals surface area contributed by atoms with E-state index in [-0.39, 0.29) is 5.82 Å². The van der Waals surface area contributed by atoms with E-state index in [0.29, 0.717) is 16.6 Å². The Balaban J connectivity index is 2.02. The Morgan fingerprint density at radius 1 is 1.13 bits per heavy atom. The van der Waals surface area contributed by atoms with Crippen LogP contribution in [0, 0.1) is 5.82 Å². The number of nitrogens with zero attached hydrogens (tertiary/aromatic N) is 1. The standard InChI is InChI=1S/C20H16FNO/c1-12(2)13-9-10-22-17(11-13)14-5-3-6-15-19-16(21)7-4-8-18(19)23-20(14)15/h3-12H,1-2H3/i12D. The summed E-state index contributed by atoms with van der Waals surface area (Å²) in [6.07, 6.45) is 1.70. The number of fused-ring (bicyclic) bond motifs is 3. The molecule has 0 fully saturated rings. The molecule has 2 aromatic heterocycles. The van der Waals surface area contributed by atoms with E-state index in [2.05, 4.69) is 4.98 Å². The fraction of sp³-hybridized carbons (Fsp3) is 0.150. The third kappa shape index (κ3) is 2.20. The smallest absolute Gasteiger partial charge is 0.144 e. The zero-order valence-electron chi connectivity index (χ0n) is 13.9. The van der Waals surface area contributed by atoms with Crippen LogP contribution < -0.4 is 0 Å². The molecule has 0 N–H and O–H groups in total. The lowest BCUT2D eigenvalue weighted by atomic mass is 10.0. The first kappa shape index (κ1) is 12.8. The van der Waals surface area contributed by atoms with Crippen molar-refractivity contribution in [2.75, 3.05) is 0 Å². The van der Waals surface area contributed by atoms with Gasteiger partial charge in [0.05, 0.1) is 11.1 Å². The molecule has 2 nitrogen and oxygen atoms in total. The molecule has 0 unspecified atom stereocenters. The van der Waals surface area contributed by atoms with Gasteiger partial charge in [0.15, 0.2) is 0 Å². The highest BCUT2D eigenvalue weighted by Gasteiger charge is 2.15. The lowest BCUT2D eigenvalue weighted by Gasteiger charge is -2.07. The molecule has 0 radical (unpaired) electrons. The molecule has 0 saturated carbocycles. The number of para-hydroxylation sites is 1. The van der Waals surface area contributed by atoms with E-state index < -0.39 is 5.89 Å². The number of hydrogen-bond donors (Lipinski definition) is 0. The van der Waals surface area contributed by atoms with Gasteiger partial charge in [-0.1, -0.05) is 32.0 Å². The van der Waals surface area contributed by atoms with Crippen molar-refractivity contribution in [3.63, 3.8) is 0 Å². The highest BCUT2D eigenvalue weighted by atomic mass is 19.1. The van der Waals surface area contributed by atoms with Gasteiger partial charge in [0.25, 0.3) is 0 Å². The summed E-state index contributed by atoms with van der Waals surface area (Å²) in [4.78, 5) is 4.43. The van der Waals surface area contributed by atoms with Crippen molar-refractivity contribution in [1.29, 1.82) is 0 Å². The maximum atomic E-state index is 14.2.